The molecule has 2 aliphatic heterocycles. The lowest BCUT2D eigenvalue weighted by Crippen LogP contribution is -2.40. The molecule has 0 saturated carbocycles. The molecule has 2 amide bonds. The van der Waals surface area contributed by atoms with Crippen molar-refractivity contribution >= 4 is 33.5 Å². The molecule has 1 aromatic carbocycles. The smallest absolute Gasteiger partial charge is 0.323 e. The molecule has 152 valence electrons. The molecule has 0 aliphatic carbocycles. The van der Waals surface area contributed by atoms with Crippen LogP contribution in [0.3, 0.4) is 0 Å². The van der Waals surface area contributed by atoms with Crippen LogP contribution in [-0.2, 0) is 14.8 Å². The number of carbonyl (C=O) groups is 3. The van der Waals surface area contributed by atoms with Crippen LogP contribution >= 0.6 is 0 Å². The summed E-state index contributed by atoms with van der Waals surface area (Å²) in [5, 5.41) is 8.89. The molecule has 10 heteroatoms. The number of imide groups is 1. The first kappa shape index (κ1) is 20.3. The number of carbonyl (C=O) groups excluding carboxylic acids is 2. The highest BCUT2D eigenvalue weighted by atomic mass is 32.2. The van der Waals surface area contributed by atoms with E-state index in [-0.39, 0.29) is 23.4 Å². The van der Waals surface area contributed by atoms with Crippen molar-refractivity contribution in [2.75, 3.05) is 43.3 Å². The summed E-state index contributed by atoms with van der Waals surface area (Å²) in [6.45, 7) is 1.94. The number of rotatable bonds is 7. The second kappa shape index (κ2) is 7.88. The van der Waals surface area contributed by atoms with Crippen molar-refractivity contribution < 1.29 is 27.9 Å². The topological polar surface area (TPSA) is 115 Å². The molecule has 0 radical (unpaired) electrons. The number of benzene rings is 1. The summed E-state index contributed by atoms with van der Waals surface area (Å²) in [5.74, 6) is -2.71. The van der Waals surface area contributed by atoms with E-state index in [2.05, 4.69) is 4.90 Å². The Hall–Kier alpha value is -2.46. The van der Waals surface area contributed by atoms with Gasteiger partial charge in [0.1, 0.15) is 6.54 Å². The second-order valence-corrected chi connectivity index (χ2v) is 8.96. The molecule has 0 unspecified atom stereocenters. The molecule has 0 bridgehead atoms. The Bertz CT molecular complexity index is 908. The highest BCUT2D eigenvalue weighted by molar-refractivity contribution is 7.92. The van der Waals surface area contributed by atoms with Crippen LogP contribution in [0.25, 0.3) is 0 Å². The third-order valence-corrected chi connectivity index (χ3v) is 6.20. The molecular weight excluding hydrogens is 386 g/mol. The molecule has 9 nitrogen and oxygen atoms in total. The molecule has 1 saturated heterocycles. The summed E-state index contributed by atoms with van der Waals surface area (Å²) in [5.41, 5.74) is 0.395. The number of nitrogens with zero attached hydrogens (tertiary/aromatic N) is 3. The summed E-state index contributed by atoms with van der Waals surface area (Å²) >= 11 is 0. The standard InChI is InChI=1S/C18H23N3O6S/c1-28(26,27)21(10-9-19-7-3-2-4-8-19)13-5-6-14-15(11-13)18(25)20(17(14)24)12-16(22)23/h5-6,11H,2-4,7-10,12H2,1H3,(H,22,23). The number of hydrogen-bond donors (Lipinski definition) is 1. The average Bonchev–Trinajstić information content (AvgIpc) is 2.86. The molecule has 1 aromatic rings. The number of amides is 2. The van der Waals surface area contributed by atoms with Gasteiger partial charge < -0.3 is 10.0 Å². The SMILES string of the molecule is CS(=O)(=O)N(CCN1CCCCC1)c1ccc2c(c1)C(=O)N(CC(=O)O)C2=O. The number of sulfonamides is 1. The third-order valence-electron chi connectivity index (χ3n) is 5.00. The van der Waals surface area contributed by atoms with E-state index in [1.54, 1.807) is 0 Å². The zero-order chi connectivity index (χ0) is 20.5. The Balaban J connectivity index is 1.85. The summed E-state index contributed by atoms with van der Waals surface area (Å²) in [6.07, 6.45) is 4.46. The van der Waals surface area contributed by atoms with E-state index < -0.39 is 34.4 Å². The molecule has 1 N–H and O–H groups in total. The van der Waals surface area contributed by atoms with Gasteiger partial charge >= 0.3 is 5.97 Å². The largest absolute Gasteiger partial charge is 0.480 e. The summed E-state index contributed by atoms with van der Waals surface area (Å²) in [6, 6.07) is 4.21. The lowest BCUT2D eigenvalue weighted by molar-refractivity contribution is -0.137. The Kier molecular flexibility index (Phi) is 5.71. The average molecular weight is 409 g/mol. The molecule has 2 heterocycles. The van der Waals surface area contributed by atoms with Gasteiger partial charge in [-0.3, -0.25) is 23.6 Å². The molecule has 0 aromatic heterocycles. The minimum Gasteiger partial charge on any atom is -0.480 e. The fourth-order valence-electron chi connectivity index (χ4n) is 3.61. The van der Waals surface area contributed by atoms with Crippen LogP contribution in [0.4, 0.5) is 5.69 Å². The van der Waals surface area contributed by atoms with Gasteiger partial charge in [-0.2, -0.15) is 0 Å². The number of likely N-dealkylation sites (tertiary alicyclic amines) is 1. The zero-order valence-electron chi connectivity index (χ0n) is 15.6. The molecule has 0 atom stereocenters. The number of carboxylic acid groups (broad SMARTS) is 1. The van der Waals surface area contributed by atoms with E-state index in [0.29, 0.717) is 11.4 Å². The predicted octanol–water partition coefficient (Wildman–Crippen LogP) is 0.619. The van der Waals surface area contributed by atoms with Crippen molar-refractivity contribution in [1.29, 1.82) is 0 Å². The van der Waals surface area contributed by atoms with Crippen molar-refractivity contribution in [2.45, 2.75) is 19.3 Å². The number of aliphatic carboxylic acids is 1. The van der Waals surface area contributed by atoms with Crippen LogP contribution in [0.15, 0.2) is 18.2 Å². The van der Waals surface area contributed by atoms with Gasteiger partial charge in [0, 0.05) is 13.1 Å². The van der Waals surface area contributed by atoms with Gasteiger partial charge in [-0.1, -0.05) is 6.42 Å². The van der Waals surface area contributed by atoms with Crippen LogP contribution in [0.1, 0.15) is 40.0 Å². The first-order valence-electron chi connectivity index (χ1n) is 9.10. The third kappa shape index (κ3) is 4.17. The maximum absolute atomic E-state index is 12.4. The molecule has 0 spiro atoms. The van der Waals surface area contributed by atoms with E-state index in [9.17, 15) is 22.8 Å². The Morgan fingerprint density at radius 2 is 1.75 bits per heavy atom. The van der Waals surface area contributed by atoms with Crippen LogP contribution in [0.5, 0.6) is 0 Å². The summed E-state index contributed by atoms with van der Waals surface area (Å²) in [7, 11) is -3.60. The number of carboxylic acids is 1. The Morgan fingerprint density at radius 1 is 1.11 bits per heavy atom. The van der Waals surface area contributed by atoms with Crippen LogP contribution < -0.4 is 4.31 Å². The number of piperidine rings is 1. The van der Waals surface area contributed by atoms with Gasteiger partial charge in [0.05, 0.1) is 23.1 Å². The van der Waals surface area contributed by atoms with Gasteiger partial charge in [0.15, 0.2) is 0 Å². The minimum atomic E-state index is -3.60. The van der Waals surface area contributed by atoms with Crippen molar-refractivity contribution in [3.63, 3.8) is 0 Å². The Labute approximate surface area is 163 Å². The Morgan fingerprint density at radius 3 is 2.36 bits per heavy atom. The minimum absolute atomic E-state index is 0.0235. The van der Waals surface area contributed by atoms with E-state index in [1.807, 2.05) is 0 Å². The first-order valence-corrected chi connectivity index (χ1v) is 11.0. The van der Waals surface area contributed by atoms with Crippen molar-refractivity contribution in [2.24, 2.45) is 0 Å². The van der Waals surface area contributed by atoms with E-state index in [4.69, 9.17) is 5.11 Å². The number of hydrogen-bond acceptors (Lipinski definition) is 6. The van der Waals surface area contributed by atoms with Crippen molar-refractivity contribution in [1.82, 2.24) is 9.80 Å². The summed E-state index contributed by atoms with van der Waals surface area (Å²) in [4.78, 5) is 38.5. The van der Waals surface area contributed by atoms with Crippen LogP contribution in [0.2, 0.25) is 0 Å². The normalized spacial score (nSPS) is 17.7. The first-order chi connectivity index (χ1) is 13.2. The van der Waals surface area contributed by atoms with E-state index in [1.165, 1.54) is 28.9 Å². The lowest BCUT2D eigenvalue weighted by atomic mass is 10.1. The van der Waals surface area contributed by atoms with Gasteiger partial charge in [-0.25, -0.2) is 8.42 Å². The predicted molar refractivity (Wildman–Crippen MR) is 102 cm³/mol. The van der Waals surface area contributed by atoms with Crippen LogP contribution in [0, 0.1) is 0 Å². The monoisotopic (exact) mass is 409 g/mol. The lowest BCUT2D eigenvalue weighted by Gasteiger charge is -2.30. The number of fused-ring (bicyclic) bond motifs is 1. The van der Waals surface area contributed by atoms with Crippen molar-refractivity contribution in [3.8, 4) is 0 Å². The van der Waals surface area contributed by atoms with Crippen LogP contribution in [-0.4, -0.2) is 80.1 Å². The van der Waals surface area contributed by atoms with Gasteiger partial charge in [-0.05, 0) is 44.1 Å². The highest BCUT2D eigenvalue weighted by Gasteiger charge is 2.37. The quantitative estimate of drug-likeness (QED) is 0.656. The van der Waals surface area contributed by atoms with Gasteiger partial charge in [0.2, 0.25) is 10.0 Å². The maximum Gasteiger partial charge on any atom is 0.323 e. The summed E-state index contributed by atoms with van der Waals surface area (Å²) < 4.78 is 25.9. The van der Waals surface area contributed by atoms with E-state index >= 15 is 0 Å². The van der Waals surface area contributed by atoms with E-state index in [0.717, 1.165) is 32.2 Å². The zero-order valence-corrected chi connectivity index (χ0v) is 16.4. The fourth-order valence-corrected chi connectivity index (χ4v) is 4.52. The highest BCUT2D eigenvalue weighted by Crippen LogP contribution is 2.28. The molecule has 1 fully saturated rings. The molecule has 3 rings (SSSR count). The second-order valence-electron chi connectivity index (χ2n) is 7.06. The van der Waals surface area contributed by atoms with Gasteiger partial charge in [0.25, 0.3) is 11.8 Å². The fraction of sp³-hybridized carbons (Fsp3) is 0.500. The maximum atomic E-state index is 12.4. The van der Waals surface area contributed by atoms with Gasteiger partial charge in [-0.15, -0.1) is 0 Å². The number of anilines is 1. The molecule has 28 heavy (non-hydrogen) atoms. The molecule has 2 aliphatic rings. The van der Waals surface area contributed by atoms with Crippen molar-refractivity contribution in [3.05, 3.63) is 29.3 Å². The molecular formula is C18H23N3O6S.